The first kappa shape index (κ1) is 21.4. The molecule has 2 aromatic carbocycles. The van der Waals surface area contributed by atoms with E-state index in [2.05, 4.69) is 5.32 Å². The molecule has 0 spiro atoms. The van der Waals surface area contributed by atoms with E-state index in [1.165, 1.54) is 4.90 Å². The number of nitrogens with zero attached hydrogens (tertiary/aromatic N) is 1. The predicted octanol–water partition coefficient (Wildman–Crippen LogP) is 2.97. The standard InChI is InChI=1S/C22H28N2O4/c1-16-8-7-10-19(17(16)2)23-21(25)15-24(12-13-27-3)22(26)14-18-9-5-6-11-20(18)28-4/h5-11H,12-15H2,1-4H3,(H,23,25). The summed E-state index contributed by atoms with van der Waals surface area (Å²) < 4.78 is 10.4. The lowest BCUT2D eigenvalue weighted by atomic mass is 10.1. The SMILES string of the molecule is COCCN(CC(=O)Nc1cccc(C)c1C)C(=O)Cc1ccccc1OC. The van der Waals surface area contributed by atoms with Gasteiger partial charge < -0.3 is 19.7 Å². The van der Waals surface area contributed by atoms with E-state index in [1.54, 1.807) is 14.2 Å². The van der Waals surface area contributed by atoms with E-state index in [4.69, 9.17) is 9.47 Å². The quantitative estimate of drug-likeness (QED) is 0.722. The third-order valence-corrected chi connectivity index (χ3v) is 4.67. The largest absolute Gasteiger partial charge is 0.496 e. The molecule has 0 radical (unpaired) electrons. The third kappa shape index (κ3) is 5.82. The normalized spacial score (nSPS) is 10.4. The first-order valence-corrected chi connectivity index (χ1v) is 9.21. The second-order valence-corrected chi connectivity index (χ2v) is 6.59. The van der Waals surface area contributed by atoms with Crippen molar-refractivity contribution in [3.8, 4) is 5.75 Å². The number of nitrogens with one attached hydrogen (secondary N) is 1. The highest BCUT2D eigenvalue weighted by Crippen LogP contribution is 2.19. The molecular formula is C22H28N2O4. The van der Waals surface area contributed by atoms with E-state index in [1.807, 2.05) is 56.3 Å². The summed E-state index contributed by atoms with van der Waals surface area (Å²) in [6.07, 6.45) is 0.157. The Morgan fingerprint density at radius 1 is 1.04 bits per heavy atom. The van der Waals surface area contributed by atoms with Gasteiger partial charge in [-0.2, -0.15) is 0 Å². The van der Waals surface area contributed by atoms with E-state index in [-0.39, 0.29) is 24.8 Å². The number of methoxy groups -OCH3 is 2. The van der Waals surface area contributed by atoms with Crippen molar-refractivity contribution in [2.45, 2.75) is 20.3 Å². The van der Waals surface area contributed by atoms with Gasteiger partial charge in [-0.1, -0.05) is 30.3 Å². The number of benzene rings is 2. The van der Waals surface area contributed by atoms with Crippen molar-refractivity contribution in [2.24, 2.45) is 0 Å². The molecule has 6 nitrogen and oxygen atoms in total. The van der Waals surface area contributed by atoms with Gasteiger partial charge in [-0.15, -0.1) is 0 Å². The van der Waals surface area contributed by atoms with Crippen LogP contribution in [0.4, 0.5) is 5.69 Å². The molecule has 1 N–H and O–H groups in total. The molecule has 28 heavy (non-hydrogen) atoms. The fourth-order valence-electron chi connectivity index (χ4n) is 2.87. The zero-order valence-electron chi connectivity index (χ0n) is 17.0. The van der Waals surface area contributed by atoms with E-state index in [0.717, 1.165) is 22.4 Å². The monoisotopic (exact) mass is 384 g/mol. The minimum Gasteiger partial charge on any atom is -0.496 e. The van der Waals surface area contributed by atoms with Crippen LogP contribution in [-0.4, -0.2) is 50.6 Å². The van der Waals surface area contributed by atoms with Gasteiger partial charge in [-0.05, 0) is 37.1 Å². The Labute approximate surface area is 166 Å². The van der Waals surface area contributed by atoms with E-state index in [0.29, 0.717) is 18.9 Å². The molecule has 0 heterocycles. The van der Waals surface area contributed by atoms with Gasteiger partial charge in [-0.3, -0.25) is 9.59 Å². The molecule has 0 saturated heterocycles. The number of amides is 2. The first-order valence-electron chi connectivity index (χ1n) is 9.21. The Kier molecular flexibility index (Phi) is 8.02. The fraction of sp³-hybridized carbons (Fsp3) is 0.364. The fourth-order valence-corrected chi connectivity index (χ4v) is 2.87. The van der Waals surface area contributed by atoms with Crippen molar-refractivity contribution in [1.29, 1.82) is 0 Å². The number of hydrogen-bond donors (Lipinski definition) is 1. The smallest absolute Gasteiger partial charge is 0.244 e. The second-order valence-electron chi connectivity index (χ2n) is 6.59. The van der Waals surface area contributed by atoms with Crippen molar-refractivity contribution >= 4 is 17.5 Å². The zero-order chi connectivity index (χ0) is 20.5. The summed E-state index contributed by atoms with van der Waals surface area (Å²) in [5.41, 5.74) is 3.65. The molecule has 6 heteroatoms. The van der Waals surface area contributed by atoms with Crippen LogP contribution < -0.4 is 10.1 Å². The summed E-state index contributed by atoms with van der Waals surface area (Å²) in [5.74, 6) is 0.262. The van der Waals surface area contributed by atoms with Crippen LogP contribution >= 0.6 is 0 Å². The second kappa shape index (κ2) is 10.5. The van der Waals surface area contributed by atoms with Crippen LogP contribution in [0.5, 0.6) is 5.75 Å². The van der Waals surface area contributed by atoms with Crippen molar-refractivity contribution in [3.05, 3.63) is 59.2 Å². The van der Waals surface area contributed by atoms with Crippen LogP contribution in [0.3, 0.4) is 0 Å². The van der Waals surface area contributed by atoms with E-state index >= 15 is 0 Å². The van der Waals surface area contributed by atoms with Gasteiger partial charge in [0.05, 0.1) is 26.7 Å². The molecule has 0 unspecified atom stereocenters. The lowest BCUT2D eigenvalue weighted by Gasteiger charge is -2.23. The summed E-state index contributed by atoms with van der Waals surface area (Å²) in [4.78, 5) is 26.9. The molecule has 0 atom stereocenters. The van der Waals surface area contributed by atoms with Crippen LogP contribution in [0.15, 0.2) is 42.5 Å². The number of ether oxygens (including phenoxy) is 2. The summed E-state index contributed by atoms with van der Waals surface area (Å²) in [6.45, 7) is 4.61. The van der Waals surface area contributed by atoms with Crippen molar-refractivity contribution in [3.63, 3.8) is 0 Å². The van der Waals surface area contributed by atoms with E-state index < -0.39 is 0 Å². The summed E-state index contributed by atoms with van der Waals surface area (Å²) >= 11 is 0. The molecule has 0 fully saturated rings. The lowest BCUT2D eigenvalue weighted by molar-refractivity contribution is -0.134. The number of rotatable bonds is 9. The molecule has 150 valence electrons. The highest BCUT2D eigenvalue weighted by atomic mass is 16.5. The van der Waals surface area contributed by atoms with Gasteiger partial charge in [-0.25, -0.2) is 0 Å². The van der Waals surface area contributed by atoms with Gasteiger partial charge >= 0.3 is 0 Å². The molecule has 0 saturated carbocycles. The van der Waals surface area contributed by atoms with Gasteiger partial charge in [0.25, 0.3) is 0 Å². The maximum atomic E-state index is 12.8. The molecule has 0 aliphatic heterocycles. The first-order chi connectivity index (χ1) is 13.5. The number of anilines is 1. The molecule has 2 aromatic rings. The Morgan fingerprint density at radius 2 is 1.79 bits per heavy atom. The van der Waals surface area contributed by atoms with Crippen molar-refractivity contribution in [2.75, 3.05) is 39.2 Å². The minimum atomic E-state index is -0.238. The molecule has 0 aliphatic carbocycles. The number of aryl methyl sites for hydroxylation is 1. The third-order valence-electron chi connectivity index (χ3n) is 4.67. The Balaban J connectivity index is 2.08. The molecule has 0 bridgehead atoms. The van der Waals surface area contributed by atoms with Gasteiger partial charge in [0.15, 0.2) is 0 Å². The highest BCUT2D eigenvalue weighted by molar-refractivity contribution is 5.95. The number of hydrogen-bond acceptors (Lipinski definition) is 4. The number of para-hydroxylation sites is 1. The maximum absolute atomic E-state index is 12.8. The highest BCUT2D eigenvalue weighted by Gasteiger charge is 2.19. The summed E-state index contributed by atoms with van der Waals surface area (Å²) in [5, 5.41) is 2.90. The van der Waals surface area contributed by atoms with Crippen LogP contribution in [0.1, 0.15) is 16.7 Å². The summed E-state index contributed by atoms with van der Waals surface area (Å²) in [7, 11) is 3.14. The molecule has 2 amide bonds. The zero-order valence-corrected chi connectivity index (χ0v) is 17.0. The average molecular weight is 384 g/mol. The molecule has 0 aliphatic rings. The van der Waals surface area contributed by atoms with Crippen LogP contribution in [0.25, 0.3) is 0 Å². The van der Waals surface area contributed by atoms with Crippen LogP contribution in [0.2, 0.25) is 0 Å². The Hall–Kier alpha value is -2.86. The molecular weight excluding hydrogens is 356 g/mol. The van der Waals surface area contributed by atoms with Crippen molar-refractivity contribution < 1.29 is 19.1 Å². The van der Waals surface area contributed by atoms with Crippen molar-refractivity contribution in [1.82, 2.24) is 4.90 Å². The van der Waals surface area contributed by atoms with Gasteiger partial charge in [0.1, 0.15) is 5.75 Å². The average Bonchev–Trinajstić information content (AvgIpc) is 2.69. The molecule has 2 rings (SSSR count). The number of carbonyl (C=O) groups is 2. The maximum Gasteiger partial charge on any atom is 0.244 e. The lowest BCUT2D eigenvalue weighted by Crippen LogP contribution is -2.40. The van der Waals surface area contributed by atoms with Gasteiger partial charge in [0.2, 0.25) is 11.8 Å². The van der Waals surface area contributed by atoms with Crippen LogP contribution in [0, 0.1) is 13.8 Å². The van der Waals surface area contributed by atoms with E-state index in [9.17, 15) is 9.59 Å². The topological polar surface area (TPSA) is 67.9 Å². The number of carbonyl (C=O) groups excluding carboxylic acids is 2. The minimum absolute atomic E-state index is 0.0370. The summed E-state index contributed by atoms with van der Waals surface area (Å²) in [6, 6.07) is 13.1. The van der Waals surface area contributed by atoms with Crippen LogP contribution in [-0.2, 0) is 20.7 Å². The molecule has 0 aromatic heterocycles. The predicted molar refractivity (Wildman–Crippen MR) is 110 cm³/mol. The Morgan fingerprint density at radius 3 is 2.50 bits per heavy atom. The van der Waals surface area contributed by atoms with Gasteiger partial charge in [0, 0.05) is 24.9 Å². The Bertz CT molecular complexity index is 820.